The van der Waals surface area contributed by atoms with E-state index in [1.807, 2.05) is 37.3 Å². The predicted molar refractivity (Wildman–Crippen MR) is 108 cm³/mol. The molecule has 1 N–H and O–H groups in total. The van der Waals surface area contributed by atoms with Crippen LogP contribution in [0.15, 0.2) is 48.5 Å². The van der Waals surface area contributed by atoms with Crippen molar-refractivity contribution >= 4 is 6.09 Å². The number of carbonyl (C=O) groups excluding carboxylic acids is 1. The summed E-state index contributed by atoms with van der Waals surface area (Å²) in [5.74, 6) is 0.0217. The summed E-state index contributed by atoms with van der Waals surface area (Å²) < 4.78 is 30.8. The van der Waals surface area contributed by atoms with Gasteiger partial charge < -0.3 is 19.3 Å². The molecule has 6 nitrogen and oxygen atoms in total. The largest absolute Gasteiger partial charge is 0.493 e. The van der Waals surface area contributed by atoms with Crippen molar-refractivity contribution in [2.24, 2.45) is 0 Å². The highest BCUT2D eigenvalue weighted by atomic mass is 19.1. The molecule has 2 aliphatic rings. The Bertz CT molecular complexity index is 876. The van der Waals surface area contributed by atoms with E-state index in [9.17, 15) is 14.3 Å². The van der Waals surface area contributed by atoms with E-state index >= 15 is 0 Å². The number of rotatable bonds is 5. The van der Waals surface area contributed by atoms with Crippen LogP contribution in [0.25, 0.3) is 0 Å². The maximum Gasteiger partial charge on any atom is 0.410 e. The zero-order valence-electron chi connectivity index (χ0n) is 16.9. The van der Waals surface area contributed by atoms with Crippen LogP contribution in [-0.4, -0.2) is 48.0 Å². The molecule has 2 aromatic carbocycles. The van der Waals surface area contributed by atoms with Gasteiger partial charge in [-0.3, -0.25) is 4.90 Å². The van der Waals surface area contributed by atoms with E-state index in [0.29, 0.717) is 31.1 Å². The molecular weight excluding hydrogens is 389 g/mol. The third-order valence-electron chi connectivity index (χ3n) is 5.71. The smallest absolute Gasteiger partial charge is 0.410 e. The number of aliphatic hydroxyl groups is 1. The molecule has 2 fully saturated rings. The minimum absolute atomic E-state index is 0.180. The average molecular weight is 415 g/mol. The number of fused-ring (bicyclic) bond motifs is 2. The lowest BCUT2D eigenvalue weighted by Gasteiger charge is -2.51. The molecule has 0 saturated carbocycles. The lowest BCUT2D eigenvalue weighted by Crippen LogP contribution is -2.62. The first kappa shape index (κ1) is 20.6. The summed E-state index contributed by atoms with van der Waals surface area (Å²) in [6.07, 6.45) is 0.00414. The predicted octanol–water partition coefficient (Wildman–Crippen LogP) is 3.61. The van der Waals surface area contributed by atoms with Crippen molar-refractivity contribution in [3.8, 4) is 5.75 Å². The number of halogens is 1. The molecule has 4 rings (SSSR count). The van der Waals surface area contributed by atoms with Gasteiger partial charge in [-0.25, -0.2) is 9.18 Å². The number of hydrogen-bond acceptors (Lipinski definition) is 5. The second-order valence-electron chi connectivity index (χ2n) is 7.81. The minimum Gasteiger partial charge on any atom is -0.493 e. The lowest BCUT2D eigenvalue weighted by atomic mass is 9.76. The van der Waals surface area contributed by atoms with E-state index in [1.165, 1.54) is 12.1 Å². The molecule has 2 saturated heterocycles. The Balaban J connectivity index is 1.53. The molecule has 0 spiro atoms. The van der Waals surface area contributed by atoms with E-state index < -0.39 is 17.5 Å². The number of nitrogens with zero attached hydrogens (tertiary/aromatic N) is 1. The maximum atomic E-state index is 14.0. The molecule has 2 aliphatic heterocycles. The van der Waals surface area contributed by atoms with Crippen LogP contribution in [0.5, 0.6) is 5.75 Å². The van der Waals surface area contributed by atoms with Crippen LogP contribution in [0, 0.1) is 5.82 Å². The zero-order valence-corrected chi connectivity index (χ0v) is 16.9. The van der Waals surface area contributed by atoms with Gasteiger partial charge in [0.1, 0.15) is 18.2 Å². The molecule has 30 heavy (non-hydrogen) atoms. The van der Waals surface area contributed by atoms with Crippen LogP contribution >= 0.6 is 0 Å². The van der Waals surface area contributed by atoms with Crippen LogP contribution in [0.4, 0.5) is 9.18 Å². The lowest BCUT2D eigenvalue weighted by molar-refractivity contribution is -0.137. The van der Waals surface area contributed by atoms with E-state index in [0.717, 1.165) is 5.56 Å². The third kappa shape index (κ3) is 4.13. The van der Waals surface area contributed by atoms with Gasteiger partial charge in [-0.1, -0.05) is 30.3 Å². The SMILES string of the molecule is CCOc1ccc(F)cc1C1(O)CC2COCC(C1)N2C(=O)OCc1ccccc1. The summed E-state index contributed by atoms with van der Waals surface area (Å²) in [7, 11) is 0. The van der Waals surface area contributed by atoms with Gasteiger partial charge in [0.25, 0.3) is 0 Å². The Morgan fingerprint density at radius 3 is 2.57 bits per heavy atom. The van der Waals surface area contributed by atoms with E-state index in [4.69, 9.17) is 14.2 Å². The van der Waals surface area contributed by atoms with Crippen molar-refractivity contribution in [2.45, 2.75) is 44.1 Å². The minimum atomic E-state index is -1.32. The molecule has 7 heteroatoms. The fourth-order valence-electron chi connectivity index (χ4n) is 4.44. The first-order chi connectivity index (χ1) is 14.5. The van der Waals surface area contributed by atoms with Gasteiger partial charge in [0, 0.05) is 18.4 Å². The van der Waals surface area contributed by atoms with Gasteiger partial charge in [-0.05, 0) is 30.7 Å². The maximum absolute atomic E-state index is 14.0. The van der Waals surface area contributed by atoms with Crippen molar-refractivity contribution in [2.75, 3.05) is 19.8 Å². The number of carbonyl (C=O) groups is 1. The number of ether oxygens (including phenoxy) is 3. The second-order valence-corrected chi connectivity index (χ2v) is 7.81. The highest BCUT2D eigenvalue weighted by molar-refractivity contribution is 5.69. The van der Waals surface area contributed by atoms with Crippen molar-refractivity contribution in [3.63, 3.8) is 0 Å². The van der Waals surface area contributed by atoms with Crippen LogP contribution in [-0.2, 0) is 21.7 Å². The van der Waals surface area contributed by atoms with Crippen LogP contribution < -0.4 is 4.74 Å². The Morgan fingerprint density at radius 1 is 1.20 bits per heavy atom. The normalized spacial score (nSPS) is 25.6. The topological polar surface area (TPSA) is 68.2 Å². The Hall–Kier alpha value is -2.64. The Kier molecular flexibility index (Phi) is 5.92. The standard InChI is InChI=1S/C23H26FNO5/c1-2-29-21-9-8-17(24)10-20(21)23(27)11-18-14-28-15-19(12-23)25(18)22(26)30-13-16-6-4-3-5-7-16/h3-10,18-19,27H,2,11-15H2,1H3. The van der Waals surface area contributed by atoms with Crippen LogP contribution in [0.2, 0.25) is 0 Å². The first-order valence-corrected chi connectivity index (χ1v) is 10.2. The van der Waals surface area contributed by atoms with Crippen molar-refractivity contribution < 1.29 is 28.5 Å². The Labute approximate surface area is 175 Å². The van der Waals surface area contributed by atoms with E-state index in [1.54, 1.807) is 11.0 Å². The van der Waals surface area contributed by atoms with Crippen molar-refractivity contribution in [1.29, 1.82) is 0 Å². The van der Waals surface area contributed by atoms with Gasteiger partial charge in [-0.2, -0.15) is 0 Å². The summed E-state index contributed by atoms with van der Waals surface area (Å²) in [5, 5.41) is 11.5. The third-order valence-corrected chi connectivity index (χ3v) is 5.71. The molecule has 2 unspecified atom stereocenters. The highest BCUT2D eigenvalue weighted by Gasteiger charge is 2.50. The quantitative estimate of drug-likeness (QED) is 0.808. The molecule has 2 aromatic rings. The summed E-state index contributed by atoms with van der Waals surface area (Å²) >= 11 is 0. The number of hydrogen-bond donors (Lipinski definition) is 1. The molecule has 2 atom stereocenters. The molecular formula is C23H26FNO5. The molecule has 0 radical (unpaired) electrons. The number of piperidine rings is 1. The van der Waals surface area contributed by atoms with Crippen molar-refractivity contribution in [3.05, 3.63) is 65.5 Å². The molecule has 2 heterocycles. The van der Waals surface area contributed by atoms with E-state index in [2.05, 4.69) is 0 Å². The number of morpholine rings is 1. The second kappa shape index (κ2) is 8.62. The first-order valence-electron chi connectivity index (χ1n) is 10.2. The molecule has 0 aromatic heterocycles. The molecule has 2 bridgehead atoms. The van der Waals surface area contributed by atoms with Gasteiger partial charge in [0.05, 0.1) is 37.5 Å². The van der Waals surface area contributed by atoms with Gasteiger partial charge >= 0.3 is 6.09 Å². The summed E-state index contributed by atoms with van der Waals surface area (Å²) in [5.41, 5.74) is 0.00232. The summed E-state index contributed by atoms with van der Waals surface area (Å²) in [6, 6.07) is 12.9. The van der Waals surface area contributed by atoms with Crippen molar-refractivity contribution in [1.82, 2.24) is 4.90 Å². The fourth-order valence-corrected chi connectivity index (χ4v) is 4.44. The monoisotopic (exact) mass is 415 g/mol. The van der Waals surface area contributed by atoms with Crippen LogP contribution in [0.1, 0.15) is 30.9 Å². The average Bonchev–Trinajstić information content (AvgIpc) is 2.73. The van der Waals surface area contributed by atoms with Gasteiger partial charge in [-0.15, -0.1) is 0 Å². The Morgan fingerprint density at radius 2 is 1.90 bits per heavy atom. The molecule has 1 amide bonds. The number of amides is 1. The molecule has 160 valence electrons. The van der Waals surface area contributed by atoms with E-state index in [-0.39, 0.29) is 31.5 Å². The zero-order chi connectivity index (χ0) is 21.1. The molecule has 0 aliphatic carbocycles. The highest BCUT2D eigenvalue weighted by Crippen LogP contribution is 2.44. The summed E-state index contributed by atoms with van der Waals surface area (Å²) in [6.45, 7) is 3.00. The van der Waals surface area contributed by atoms with Gasteiger partial charge in [0.15, 0.2) is 0 Å². The number of benzene rings is 2. The fraction of sp³-hybridized carbons (Fsp3) is 0.435. The van der Waals surface area contributed by atoms with Gasteiger partial charge in [0.2, 0.25) is 0 Å². The summed E-state index contributed by atoms with van der Waals surface area (Å²) in [4.78, 5) is 14.5. The van der Waals surface area contributed by atoms with Crippen LogP contribution in [0.3, 0.4) is 0 Å².